The summed E-state index contributed by atoms with van der Waals surface area (Å²) in [5.41, 5.74) is 3.57. The first-order chi connectivity index (χ1) is 13.9. The van der Waals surface area contributed by atoms with E-state index in [0.29, 0.717) is 11.4 Å². The maximum atomic E-state index is 12.3. The number of aryl methyl sites for hydroxylation is 1. The molecule has 1 heterocycles. The van der Waals surface area contributed by atoms with Gasteiger partial charge in [0.1, 0.15) is 0 Å². The summed E-state index contributed by atoms with van der Waals surface area (Å²) in [6.45, 7) is 5.72. The van der Waals surface area contributed by atoms with E-state index in [0.717, 1.165) is 16.4 Å². The van der Waals surface area contributed by atoms with Crippen molar-refractivity contribution >= 4 is 35.0 Å². The van der Waals surface area contributed by atoms with Gasteiger partial charge < -0.3 is 10.6 Å². The molecule has 0 saturated carbocycles. The summed E-state index contributed by atoms with van der Waals surface area (Å²) < 4.78 is 1.99. The molecular formula is C22H24N4O2S. The Labute approximate surface area is 174 Å². The molecule has 0 fully saturated rings. The summed E-state index contributed by atoms with van der Waals surface area (Å²) in [6.07, 6.45) is 3.63. The molecule has 2 aromatic carbocycles. The van der Waals surface area contributed by atoms with Gasteiger partial charge in [-0.15, -0.1) is 0 Å². The predicted octanol–water partition coefficient (Wildman–Crippen LogP) is 4.51. The maximum absolute atomic E-state index is 12.3. The van der Waals surface area contributed by atoms with Gasteiger partial charge in [-0.2, -0.15) is 0 Å². The summed E-state index contributed by atoms with van der Waals surface area (Å²) in [5, 5.41) is 6.46. The van der Waals surface area contributed by atoms with Crippen LogP contribution in [-0.2, 0) is 9.59 Å². The number of aromatic nitrogens is 2. The van der Waals surface area contributed by atoms with Gasteiger partial charge in [0.15, 0.2) is 5.16 Å². The van der Waals surface area contributed by atoms with E-state index in [1.807, 2.05) is 55.8 Å². The molecule has 3 rings (SSSR count). The molecule has 0 aliphatic carbocycles. The molecule has 0 bridgehead atoms. The molecule has 0 atom stereocenters. The van der Waals surface area contributed by atoms with Gasteiger partial charge in [-0.1, -0.05) is 43.8 Å². The number of carbonyl (C=O) groups excluding carboxylic acids is 2. The molecule has 150 valence electrons. The average Bonchev–Trinajstić information content (AvgIpc) is 3.16. The lowest BCUT2D eigenvalue weighted by atomic mass is 10.2. The fraction of sp³-hybridized carbons (Fsp3) is 0.227. The first kappa shape index (κ1) is 20.7. The molecule has 0 saturated heterocycles. The second-order valence-electron chi connectivity index (χ2n) is 6.92. The summed E-state index contributed by atoms with van der Waals surface area (Å²) >= 11 is 1.38. The van der Waals surface area contributed by atoms with Crippen LogP contribution >= 0.6 is 11.8 Å². The van der Waals surface area contributed by atoms with Gasteiger partial charge in [-0.3, -0.25) is 14.2 Å². The summed E-state index contributed by atoms with van der Waals surface area (Å²) in [4.78, 5) is 28.4. The molecule has 0 unspecified atom stereocenters. The second-order valence-corrected chi connectivity index (χ2v) is 7.87. The van der Waals surface area contributed by atoms with Crippen molar-refractivity contribution < 1.29 is 9.59 Å². The Morgan fingerprint density at radius 1 is 1.03 bits per heavy atom. The largest absolute Gasteiger partial charge is 0.326 e. The number of rotatable bonds is 7. The molecule has 7 heteroatoms. The zero-order valence-corrected chi connectivity index (χ0v) is 17.5. The number of hydrogen-bond acceptors (Lipinski definition) is 4. The van der Waals surface area contributed by atoms with Gasteiger partial charge in [0, 0.05) is 29.7 Å². The smallest absolute Gasteiger partial charge is 0.234 e. The Hall–Kier alpha value is -3.06. The second kappa shape index (κ2) is 9.43. The molecule has 2 amide bonds. The highest BCUT2D eigenvalue weighted by atomic mass is 32.2. The monoisotopic (exact) mass is 408 g/mol. The molecule has 0 aliphatic rings. The van der Waals surface area contributed by atoms with Crippen LogP contribution in [0.4, 0.5) is 11.4 Å². The van der Waals surface area contributed by atoms with E-state index in [2.05, 4.69) is 15.6 Å². The van der Waals surface area contributed by atoms with Crippen LogP contribution in [0.25, 0.3) is 5.69 Å². The number of hydrogen-bond donors (Lipinski definition) is 2. The van der Waals surface area contributed by atoms with Gasteiger partial charge in [-0.05, 0) is 42.8 Å². The van der Waals surface area contributed by atoms with Gasteiger partial charge >= 0.3 is 0 Å². The zero-order chi connectivity index (χ0) is 20.8. The van der Waals surface area contributed by atoms with E-state index in [1.165, 1.54) is 11.8 Å². The number of thioether (sulfide) groups is 1. The van der Waals surface area contributed by atoms with E-state index in [9.17, 15) is 9.59 Å². The topological polar surface area (TPSA) is 76.0 Å². The standard InChI is InChI=1S/C22H24N4O2S/c1-15(2)21(28)25-18-10-8-17(9-11-18)24-20(27)14-29-22-23-12-13-26(22)19-7-5-4-6-16(19)3/h4-13,15H,14H2,1-3H3,(H,24,27)(H,25,28). The minimum Gasteiger partial charge on any atom is -0.326 e. The highest BCUT2D eigenvalue weighted by molar-refractivity contribution is 7.99. The van der Waals surface area contributed by atoms with Crippen molar-refractivity contribution in [1.82, 2.24) is 9.55 Å². The normalized spacial score (nSPS) is 10.8. The van der Waals surface area contributed by atoms with Crippen LogP contribution < -0.4 is 10.6 Å². The van der Waals surface area contributed by atoms with Crippen molar-refractivity contribution in [3.63, 3.8) is 0 Å². The number of amides is 2. The van der Waals surface area contributed by atoms with Crippen molar-refractivity contribution in [2.45, 2.75) is 25.9 Å². The third kappa shape index (κ3) is 5.48. The van der Waals surface area contributed by atoms with Crippen LogP contribution in [0.15, 0.2) is 66.1 Å². The van der Waals surface area contributed by atoms with E-state index in [4.69, 9.17) is 0 Å². The lowest BCUT2D eigenvalue weighted by molar-refractivity contribution is -0.119. The van der Waals surface area contributed by atoms with E-state index >= 15 is 0 Å². The van der Waals surface area contributed by atoms with Crippen LogP contribution in [0.3, 0.4) is 0 Å². The molecule has 6 nitrogen and oxygen atoms in total. The number of nitrogens with one attached hydrogen (secondary N) is 2. The minimum absolute atomic E-state index is 0.0395. The first-order valence-corrected chi connectivity index (χ1v) is 10.4. The Morgan fingerprint density at radius 3 is 2.34 bits per heavy atom. The van der Waals surface area contributed by atoms with E-state index in [1.54, 1.807) is 30.5 Å². The number of nitrogens with zero attached hydrogens (tertiary/aromatic N) is 2. The summed E-state index contributed by atoms with van der Waals surface area (Å²) in [7, 11) is 0. The number of carbonyl (C=O) groups is 2. The lowest BCUT2D eigenvalue weighted by Crippen LogP contribution is -2.18. The quantitative estimate of drug-likeness (QED) is 0.564. The molecule has 29 heavy (non-hydrogen) atoms. The molecular weight excluding hydrogens is 384 g/mol. The Morgan fingerprint density at radius 2 is 1.69 bits per heavy atom. The van der Waals surface area contributed by atoms with Crippen molar-refractivity contribution in [2.75, 3.05) is 16.4 Å². The first-order valence-electron chi connectivity index (χ1n) is 9.37. The summed E-state index contributed by atoms with van der Waals surface area (Å²) in [5.74, 6) is 0.00336. The fourth-order valence-electron chi connectivity index (χ4n) is 2.66. The number of benzene rings is 2. The van der Waals surface area contributed by atoms with Crippen molar-refractivity contribution in [3.8, 4) is 5.69 Å². The SMILES string of the molecule is Cc1ccccc1-n1ccnc1SCC(=O)Nc1ccc(NC(=O)C(C)C)cc1. The third-order valence-corrected chi connectivity index (χ3v) is 5.24. The fourth-order valence-corrected chi connectivity index (χ4v) is 3.43. The molecule has 3 aromatic rings. The predicted molar refractivity (Wildman–Crippen MR) is 118 cm³/mol. The average molecular weight is 409 g/mol. The highest BCUT2D eigenvalue weighted by Crippen LogP contribution is 2.23. The van der Waals surface area contributed by atoms with E-state index < -0.39 is 0 Å². The zero-order valence-electron chi connectivity index (χ0n) is 16.7. The van der Waals surface area contributed by atoms with Gasteiger partial charge in [0.25, 0.3) is 0 Å². The van der Waals surface area contributed by atoms with E-state index in [-0.39, 0.29) is 23.5 Å². The van der Waals surface area contributed by atoms with Crippen molar-refractivity contribution in [1.29, 1.82) is 0 Å². The molecule has 1 aromatic heterocycles. The van der Waals surface area contributed by atoms with Crippen LogP contribution in [0.1, 0.15) is 19.4 Å². The highest BCUT2D eigenvalue weighted by Gasteiger charge is 2.11. The Kier molecular flexibility index (Phi) is 6.72. The van der Waals surface area contributed by atoms with Crippen LogP contribution in [0, 0.1) is 12.8 Å². The minimum atomic E-state index is -0.117. The van der Waals surface area contributed by atoms with Crippen LogP contribution in [0.5, 0.6) is 0 Å². The number of anilines is 2. The molecule has 0 radical (unpaired) electrons. The lowest BCUT2D eigenvalue weighted by Gasteiger charge is -2.11. The summed E-state index contributed by atoms with van der Waals surface area (Å²) in [6, 6.07) is 15.1. The maximum Gasteiger partial charge on any atom is 0.234 e. The molecule has 2 N–H and O–H groups in total. The van der Waals surface area contributed by atoms with Gasteiger partial charge in [0.05, 0.1) is 11.4 Å². The van der Waals surface area contributed by atoms with Crippen molar-refractivity contribution in [2.24, 2.45) is 5.92 Å². The van der Waals surface area contributed by atoms with Gasteiger partial charge in [0.2, 0.25) is 11.8 Å². The number of imidazole rings is 1. The van der Waals surface area contributed by atoms with Gasteiger partial charge in [-0.25, -0.2) is 4.98 Å². The van der Waals surface area contributed by atoms with Crippen molar-refractivity contribution in [3.05, 3.63) is 66.5 Å². The Balaban J connectivity index is 1.57. The van der Waals surface area contributed by atoms with Crippen LogP contribution in [-0.4, -0.2) is 27.1 Å². The molecule has 0 spiro atoms. The Bertz CT molecular complexity index is 996. The third-order valence-electron chi connectivity index (χ3n) is 4.27. The van der Waals surface area contributed by atoms with Crippen LogP contribution in [0.2, 0.25) is 0 Å². The molecule has 0 aliphatic heterocycles. The number of para-hydroxylation sites is 1.